The minimum absolute atomic E-state index is 0.0166. The van der Waals surface area contributed by atoms with E-state index in [-0.39, 0.29) is 18.2 Å². The lowest BCUT2D eigenvalue weighted by Gasteiger charge is -2.31. The van der Waals surface area contributed by atoms with Crippen LogP contribution in [0.2, 0.25) is 0 Å². The van der Waals surface area contributed by atoms with Crippen LogP contribution in [0, 0.1) is 0 Å². The molecule has 2 rings (SSSR count). The molecule has 0 spiro atoms. The number of hydrogen-bond acceptors (Lipinski definition) is 5. The lowest BCUT2D eigenvalue weighted by Crippen LogP contribution is -2.47. The third-order valence-corrected chi connectivity index (χ3v) is 3.66. The second-order valence-corrected chi connectivity index (χ2v) is 5.35. The first-order valence-electron chi connectivity index (χ1n) is 8.21. The molecule has 24 heavy (non-hydrogen) atoms. The molecule has 0 saturated carbocycles. The highest BCUT2D eigenvalue weighted by Crippen LogP contribution is 2.20. The second kappa shape index (κ2) is 8.95. The summed E-state index contributed by atoms with van der Waals surface area (Å²) in [6.07, 6.45) is 2.70. The molecule has 132 valence electrons. The maximum Gasteiger partial charge on any atom is 0.409 e. The van der Waals surface area contributed by atoms with Crippen LogP contribution in [0.4, 0.5) is 15.3 Å². The first-order valence-corrected chi connectivity index (χ1v) is 8.21. The number of hydrogen-bond donors (Lipinski definition) is 2. The standard InChI is InChI=1S/C16H24N4O4/c1-3-23-14-13(6-5-9-17-14)19-15(21)18-12-7-10-20(11-8-12)16(22)24-4-2/h5-6,9,12H,3-4,7-8,10-11H2,1-2H3,(H2,18,19,21). The molecule has 2 heterocycles. The Kier molecular flexibility index (Phi) is 6.65. The highest BCUT2D eigenvalue weighted by Gasteiger charge is 2.24. The Morgan fingerprint density at radius 1 is 1.29 bits per heavy atom. The summed E-state index contributed by atoms with van der Waals surface area (Å²) in [7, 11) is 0. The van der Waals surface area contributed by atoms with Crippen molar-refractivity contribution in [1.29, 1.82) is 0 Å². The third kappa shape index (κ3) is 5.00. The van der Waals surface area contributed by atoms with E-state index >= 15 is 0 Å². The van der Waals surface area contributed by atoms with Gasteiger partial charge in [0.05, 0.1) is 13.2 Å². The summed E-state index contributed by atoms with van der Waals surface area (Å²) in [5.74, 6) is 0.396. The number of nitrogens with zero attached hydrogens (tertiary/aromatic N) is 2. The van der Waals surface area contributed by atoms with Gasteiger partial charge in [0.2, 0.25) is 5.88 Å². The van der Waals surface area contributed by atoms with Gasteiger partial charge in [-0.1, -0.05) is 0 Å². The number of carbonyl (C=O) groups is 2. The largest absolute Gasteiger partial charge is 0.476 e. The van der Waals surface area contributed by atoms with Gasteiger partial charge in [0.25, 0.3) is 0 Å². The molecule has 0 aliphatic carbocycles. The Balaban J connectivity index is 1.81. The molecule has 1 saturated heterocycles. The molecule has 8 nitrogen and oxygen atoms in total. The van der Waals surface area contributed by atoms with E-state index in [1.165, 1.54) is 0 Å². The summed E-state index contributed by atoms with van der Waals surface area (Å²) in [5.41, 5.74) is 0.529. The summed E-state index contributed by atoms with van der Waals surface area (Å²) in [5, 5.41) is 5.67. The number of piperidine rings is 1. The van der Waals surface area contributed by atoms with Crippen molar-refractivity contribution in [2.75, 3.05) is 31.6 Å². The molecule has 1 fully saturated rings. The van der Waals surface area contributed by atoms with Crippen LogP contribution in [0.1, 0.15) is 26.7 Å². The van der Waals surface area contributed by atoms with E-state index in [1.54, 1.807) is 30.2 Å². The Bertz CT molecular complexity index is 559. The number of pyridine rings is 1. The summed E-state index contributed by atoms with van der Waals surface area (Å²) in [6, 6.07) is 3.18. The van der Waals surface area contributed by atoms with E-state index in [0.717, 1.165) is 0 Å². The first kappa shape index (κ1) is 17.8. The van der Waals surface area contributed by atoms with Crippen molar-refractivity contribution in [2.45, 2.75) is 32.7 Å². The normalized spacial score (nSPS) is 14.8. The van der Waals surface area contributed by atoms with Crippen LogP contribution in [0.15, 0.2) is 18.3 Å². The summed E-state index contributed by atoms with van der Waals surface area (Å²) < 4.78 is 10.4. The van der Waals surface area contributed by atoms with Gasteiger partial charge in [0, 0.05) is 25.3 Å². The summed E-state index contributed by atoms with van der Waals surface area (Å²) in [4.78, 5) is 29.5. The summed E-state index contributed by atoms with van der Waals surface area (Å²) in [6.45, 7) is 5.62. The Morgan fingerprint density at radius 3 is 2.71 bits per heavy atom. The zero-order chi connectivity index (χ0) is 17.4. The molecular formula is C16H24N4O4. The van der Waals surface area contributed by atoms with Crippen LogP contribution < -0.4 is 15.4 Å². The van der Waals surface area contributed by atoms with E-state index in [2.05, 4.69) is 15.6 Å². The molecule has 1 aliphatic rings. The van der Waals surface area contributed by atoms with Gasteiger partial charge in [0.15, 0.2) is 0 Å². The molecule has 1 aromatic rings. The van der Waals surface area contributed by atoms with Crippen molar-refractivity contribution in [2.24, 2.45) is 0 Å². The smallest absolute Gasteiger partial charge is 0.409 e. The van der Waals surface area contributed by atoms with Gasteiger partial charge in [-0.3, -0.25) is 0 Å². The Morgan fingerprint density at radius 2 is 2.04 bits per heavy atom. The number of likely N-dealkylation sites (tertiary alicyclic amines) is 1. The first-order chi connectivity index (χ1) is 11.6. The average Bonchev–Trinajstić information content (AvgIpc) is 2.58. The fraction of sp³-hybridized carbons (Fsp3) is 0.562. The number of nitrogens with one attached hydrogen (secondary N) is 2. The molecule has 2 N–H and O–H groups in total. The number of rotatable bonds is 5. The number of aromatic nitrogens is 1. The summed E-state index contributed by atoms with van der Waals surface area (Å²) >= 11 is 0. The SMILES string of the molecule is CCOC(=O)N1CCC(NC(=O)Nc2cccnc2OCC)CC1. The van der Waals surface area contributed by atoms with Gasteiger partial charge < -0.3 is 25.0 Å². The molecule has 0 atom stereocenters. The molecule has 3 amide bonds. The number of amides is 3. The van der Waals surface area contributed by atoms with Crippen LogP contribution in [0.5, 0.6) is 5.88 Å². The van der Waals surface area contributed by atoms with Crippen molar-refractivity contribution in [1.82, 2.24) is 15.2 Å². The highest BCUT2D eigenvalue weighted by molar-refractivity contribution is 5.90. The van der Waals surface area contributed by atoms with E-state index in [1.807, 2.05) is 6.92 Å². The van der Waals surface area contributed by atoms with Gasteiger partial charge in [0.1, 0.15) is 5.69 Å². The second-order valence-electron chi connectivity index (χ2n) is 5.35. The molecule has 0 bridgehead atoms. The fourth-order valence-corrected chi connectivity index (χ4v) is 2.50. The van der Waals surface area contributed by atoms with Crippen LogP contribution in [-0.4, -0.2) is 54.4 Å². The Hall–Kier alpha value is -2.51. The zero-order valence-electron chi connectivity index (χ0n) is 14.1. The van der Waals surface area contributed by atoms with Crippen molar-refractivity contribution in [3.63, 3.8) is 0 Å². The molecular weight excluding hydrogens is 312 g/mol. The maximum atomic E-state index is 12.1. The number of anilines is 1. The lowest BCUT2D eigenvalue weighted by molar-refractivity contribution is 0.0959. The minimum Gasteiger partial charge on any atom is -0.476 e. The van der Waals surface area contributed by atoms with Gasteiger partial charge in [-0.15, -0.1) is 0 Å². The van der Waals surface area contributed by atoms with E-state index < -0.39 is 0 Å². The van der Waals surface area contributed by atoms with Crippen LogP contribution in [-0.2, 0) is 4.74 Å². The molecule has 1 aromatic heterocycles. The van der Waals surface area contributed by atoms with E-state index in [0.29, 0.717) is 50.7 Å². The predicted octanol–water partition coefficient (Wildman–Crippen LogP) is 2.22. The van der Waals surface area contributed by atoms with Gasteiger partial charge in [-0.05, 0) is 38.8 Å². The van der Waals surface area contributed by atoms with Gasteiger partial charge in [-0.25, -0.2) is 14.6 Å². The molecule has 8 heteroatoms. The predicted molar refractivity (Wildman–Crippen MR) is 89.2 cm³/mol. The van der Waals surface area contributed by atoms with Crippen LogP contribution >= 0.6 is 0 Å². The van der Waals surface area contributed by atoms with Crippen LogP contribution in [0.3, 0.4) is 0 Å². The van der Waals surface area contributed by atoms with Crippen molar-refractivity contribution >= 4 is 17.8 Å². The highest BCUT2D eigenvalue weighted by atomic mass is 16.6. The van der Waals surface area contributed by atoms with Crippen molar-refractivity contribution in [3.8, 4) is 5.88 Å². The van der Waals surface area contributed by atoms with E-state index in [9.17, 15) is 9.59 Å². The quantitative estimate of drug-likeness (QED) is 0.860. The minimum atomic E-state index is -0.307. The molecule has 1 aliphatic heterocycles. The van der Waals surface area contributed by atoms with Crippen molar-refractivity contribution in [3.05, 3.63) is 18.3 Å². The van der Waals surface area contributed by atoms with Gasteiger partial charge in [-0.2, -0.15) is 0 Å². The fourth-order valence-electron chi connectivity index (χ4n) is 2.50. The maximum absolute atomic E-state index is 12.1. The topological polar surface area (TPSA) is 92.8 Å². The number of ether oxygens (including phenoxy) is 2. The molecule has 0 unspecified atom stereocenters. The third-order valence-electron chi connectivity index (χ3n) is 3.66. The van der Waals surface area contributed by atoms with Gasteiger partial charge >= 0.3 is 12.1 Å². The number of urea groups is 1. The number of carbonyl (C=O) groups excluding carboxylic acids is 2. The van der Waals surface area contributed by atoms with Crippen molar-refractivity contribution < 1.29 is 19.1 Å². The Labute approximate surface area is 141 Å². The monoisotopic (exact) mass is 336 g/mol. The van der Waals surface area contributed by atoms with Crippen LogP contribution in [0.25, 0.3) is 0 Å². The molecule has 0 aromatic carbocycles. The van der Waals surface area contributed by atoms with E-state index in [4.69, 9.17) is 9.47 Å². The zero-order valence-corrected chi connectivity index (χ0v) is 14.1. The average molecular weight is 336 g/mol. The molecule has 0 radical (unpaired) electrons. The lowest BCUT2D eigenvalue weighted by atomic mass is 10.1.